The first-order valence-corrected chi connectivity index (χ1v) is 8.96. The highest BCUT2D eigenvalue weighted by molar-refractivity contribution is 5.95. The van der Waals surface area contributed by atoms with Crippen LogP contribution in [0.1, 0.15) is 35.7 Å². The lowest BCUT2D eigenvalue weighted by molar-refractivity contribution is -0.116. The maximum absolute atomic E-state index is 12.2. The summed E-state index contributed by atoms with van der Waals surface area (Å²) in [5, 5.41) is 5.67. The smallest absolute Gasteiger partial charge is 0.251 e. The SMILES string of the molecule is CCc1ccc(NC(=O)CCCNC(=O)c2ccc(OC)c(OC)c2)cc1. The van der Waals surface area contributed by atoms with Gasteiger partial charge in [0.15, 0.2) is 11.5 Å². The Hall–Kier alpha value is -3.02. The molecule has 0 heterocycles. The Morgan fingerprint density at radius 1 is 0.963 bits per heavy atom. The molecule has 0 saturated carbocycles. The molecule has 2 aromatic rings. The number of amides is 2. The minimum absolute atomic E-state index is 0.0698. The zero-order chi connectivity index (χ0) is 19.6. The molecule has 144 valence electrons. The van der Waals surface area contributed by atoms with Gasteiger partial charge in [0.1, 0.15) is 0 Å². The monoisotopic (exact) mass is 370 g/mol. The molecule has 0 aliphatic heterocycles. The number of methoxy groups -OCH3 is 2. The van der Waals surface area contributed by atoms with Crippen molar-refractivity contribution >= 4 is 17.5 Å². The average Bonchev–Trinajstić information content (AvgIpc) is 2.71. The van der Waals surface area contributed by atoms with Crippen molar-refractivity contribution in [2.24, 2.45) is 0 Å². The Morgan fingerprint density at radius 2 is 1.67 bits per heavy atom. The van der Waals surface area contributed by atoms with Gasteiger partial charge in [-0.15, -0.1) is 0 Å². The Morgan fingerprint density at radius 3 is 2.30 bits per heavy atom. The molecule has 0 spiro atoms. The highest BCUT2D eigenvalue weighted by Crippen LogP contribution is 2.27. The first kappa shape index (κ1) is 20.3. The molecule has 2 rings (SSSR count). The third-order valence-corrected chi connectivity index (χ3v) is 4.16. The highest BCUT2D eigenvalue weighted by Gasteiger charge is 2.10. The van der Waals surface area contributed by atoms with Crippen molar-refractivity contribution in [2.45, 2.75) is 26.2 Å². The second-order valence-corrected chi connectivity index (χ2v) is 6.03. The summed E-state index contributed by atoms with van der Waals surface area (Å²) in [4.78, 5) is 24.2. The predicted molar refractivity (Wildman–Crippen MR) is 106 cm³/mol. The molecule has 2 amide bonds. The number of anilines is 1. The summed E-state index contributed by atoms with van der Waals surface area (Å²) in [6.07, 6.45) is 1.85. The molecular formula is C21H26N2O4. The fraction of sp³-hybridized carbons (Fsp3) is 0.333. The summed E-state index contributed by atoms with van der Waals surface area (Å²) in [7, 11) is 3.06. The van der Waals surface area contributed by atoms with Gasteiger partial charge in [0.05, 0.1) is 14.2 Å². The van der Waals surface area contributed by atoms with Crippen LogP contribution in [0, 0.1) is 0 Å². The van der Waals surface area contributed by atoms with Crippen molar-refractivity contribution in [1.82, 2.24) is 5.32 Å². The van der Waals surface area contributed by atoms with Gasteiger partial charge in [0.2, 0.25) is 5.91 Å². The van der Waals surface area contributed by atoms with E-state index in [0.29, 0.717) is 36.4 Å². The summed E-state index contributed by atoms with van der Waals surface area (Å²) < 4.78 is 10.4. The number of ether oxygens (including phenoxy) is 2. The zero-order valence-electron chi connectivity index (χ0n) is 16.0. The molecule has 0 fully saturated rings. The van der Waals surface area contributed by atoms with Crippen molar-refractivity contribution < 1.29 is 19.1 Å². The molecule has 0 bridgehead atoms. The number of hydrogen-bond acceptors (Lipinski definition) is 4. The van der Waals surface area contributed by atoms with Gasteiger partial charge in [-0.05, 0) is 48.7 Å². The Bertz CT molecular complexity index is 772. The van der Waals surface area contributed by atoms with Gasteiger partial charge < -0.3 is 20.1 Å². The highest BCUT2D eigenvalue weighted by atomic mass is 16.5. The van der Waals surface area contributed by atoms with Gasteiger partial charge in [-0.1, -0.05) is 19.1 Å². The van der Waals surface area contributed by atoms with Gasteiger partial charge in [0, 0.05) is 24.2 Å². The number of hydrogen-bond donors (Lipinski definition) is 2. The van der Waals surface area contributed by atoms with Crippen molar-refractivity contribution in [2.75, 3.05) is 26.1 Å². The zero-order valence-corrected chi connectivity index (χ0v) is 16.0. The topological polar surface area (TPSA) is 76.7 Å². The van der Waals surface area contributed by atoms with E-state index in [1.54, 1.807) is 25.3 Å². The number of carbonyl (C=O) groups excluding carboxylic acids is 2. The Kier molecular flexibility index (Phi) is 7.67. The van der Waals surface area contributed by atoms with Crippen LogP contribution < -0.4 is 20.1 Å². The number of carbonyl (C=O) groups is 2. The fourth-order valence-electron chi connectivity index (χ4n) is 2.58. The molecule has 2 aromatic carbocycles. The number of nitrogens with one attached hydrogen (secondary N) is 2. The van der Waals surface area contributed by atoms with E-state index in [-0.39, 0.29) is 11.8 Å². The third kappa shape index (κ3) is 6.02. The van der Waals surface area contributed by atoms with Crippen LogP contribution in [0.15, 0.2) is 42.5 Å². The van der Waals surface area contributed by atoms with Gasteiger partial charge >= 0.3 is 0 Å². The number of benzene rings is 2. The summed E-state index contributed by atoms with van der Waals surface area (Å²) in [5.74, 6) is 0.780. The number of aryl methyl sites for hydroxylation is 1. The molecule has 0 unspecified atom stereocenters. The van der Waals surface area contributed by atoms with Crippen molar-refractivity contribution in [3.63, 3.8) is 0 Å². The van der Waals surface area contributed by atoms with Gasteiger partial charge in [-0.3, -0.25) is 9.59 Å². The molecule has 0 radical (unpaired) electrons. The summed E-state index contributed by atoms with van der Waals surface area (Å²) in [5.41, 5.74) is 2.49. The van der Waals surface area contributed by atoms with E-state index >= 15 is 0 Å². The molecule has 6 nitrogen and oxygen atoms in total. The largest absolute Gasteiger partial charge is 0.493 e. The maximum Gasteiger partial charge on any atom is 0.251 e. The Balaban J connectivity index is 1.75. The first-order valence-electron chi connectivity index (χ1n) is 8.96. The molecule has 27 heavy (non-hydrogen) atoms. The van der Waals surface area contributed by atoms with Crippen molar-refractivity contribution in [1.29, 1.82) is 0 Å². The molecule has 0 atom stereocenters. The second kappa shape index (κ2) is 10.2. The normalized spacial score (nSPS) is 10.2. The molecule has 0 aliphatic carbocycles. The van der Waals surface area contributed by atoms with Crippen LogP contribution in [0.5, 0.6) is 11.5 Å². The van der Waals surface area contributed by atoms with Crippen LogP contribution in [0.3, 0.4) is 0 Å². The first-order chi connectivity index (χ1) is 13.1. The van der Waals surface area contributed by atoms with Crippen LogP contribution in [0.25, 0.3) is 0 Å². The van der Waals surface area contributed by atoms with E-state index in [4.69, 9.17) is 9.47 Å². The van der Waals surface area contributed by atoms with Crippen molar-refractivity contribution in [3.8, 4) is 11.5 Å². The summed E-state index contributed by atoms with van der Waals surface area (Å²) in [6.45, 7) is 2.50. The van der Waals surface area contributed by atoms with Crippen LogP contribution in [0.2, 0.25) is 0 Å². The fourth-order valence-corrected chi connectivity index (χ4v) is 2.58. The minimum Gasteiger partial charge on any atom is -0.493 e. The predicted octanol–water partition coefficient (Wildman–Crippen LogP) is 3.41. The van der Waals surface area contributed by atoms with E-state index in [1.165, 1.54) is 12.7 Å². The van der Waals surface area contributed by atoms with Crippen LogP contribution in [-0.4, -0.2) is 32.6 Å². The molecule has 0 saturated heterocycles. The lowest BCUT2D eigenvalue weighted by Crippen LogP contribution is -2.25. The van der Waals surface area contributed by atoms with Gasteiger partial charge in [-0.2, -0.15) is 0 Å². The van der Waals surface area contributed by atoms with Crippen molar-refractivity contribution in [3.05, 3.63) is 53.6 Å². The molecule has 2 N–H and O–H groups in total. The Labute approximate surface area is 159 Å². The minimum atomic E-state index is -0.216. The van der Waals surface area contributed by atoms with Crippen LogP contribution >= 0.6 is 0 Å². The quantitative estimate of drug-likeness (QED) is 0.663. The standard InChI is InChI=1S/C21H26N2O4/c1-4-15-7-10-17(11-8-15)23-20(24)6-5-13-22-21(25)16-9-12-18(26-2)19(14-16)27-3/h7-12,14H,4-6,13H2,1-3H3,(H,22,25)(H,23,24). The molecule has 0 aromatic heterocycles. The second-order valence-electron chi connectivity index (χ2n) is 6.03. The average molecular weight is 370 g/mol. The van der Waals surface area contributed by atoms with E-state index in [2.05, 4.69) is 17.6 Å². The van der Waals surface area contributed by atoms with Crippen LogP contribution in [-0.2, 0) is 11.2 Å². The van der Waals surface area contributed by atoms with E-state index in [9.17, 15) is 9.59 Å². The lowest BCUT2D eigenvalue weighted by Gasteiger charge is -2.10. The van der Waals surface area contributed by atoms with E-state index in [0.717, 1.165) is 12.1 Å². The lowest BCUT2D eigenvalue weighted by atomic mass is 10.1. The maximum atomic E-state index is 12.2. The van der Waals surface area contributed by atoms with Gasteiger partial charge in [0.25, 0.3) is 5.91 Å². The van der Waals surface area contributed by atoms with Gasteiger partial charge in [-0.25, -0.2) is 0 Å². The summed E-state index contributed by atoms with van der Waals surface area (Å²) in [6, 6.07) is 12.8. The molecule has 6 heteroatoms. The van der Waals surface area contributed by atoms with Crippen LogP contribution in [0.4, 0.5) is 5.69 Å². The van der Waals surface area contributed by atoms with E-state index < -0.39 is 0 Å². The third-order valence-electron chi connectivity index (χ3n) is 4.16. The summed E-state index contributed by atoms with van der Waals surface area (Å²) >= 11 is 0. The number of rotatable bonds is 9. The molecule has 0 aliphatic rings. The molecular weight excluding hydrogens is 344 g/mol. The van der Waals surface area contributed by atoms with E-state index in [1.807, 2.05) is 24.3 Å².